The van der Waals surface area contributed by atoms with Gasteiger partial charge >= 0.3 is 5.97 Å². The fourth-order valence-electron chi connectivity index (χ4n) is 1.36. The first kappa shape index (κ1) is 9.36. The molecule has 0 aliphatic heterocycles. The zero-order valence-corrected chi connectivity index (χ0v) is 8.73. The zero-order valence-electron chi connectivity index (χ0n) is 7.02. The number of benzene rings is 1. The van der Waals surface area contributed by atoms with Crippen LogP contribution in [0.25, 0.3) is 10.1 Å². The van der Waals surface area contributed by atoms with Crippen molar-refractivity contribution < 1.29 is 9.90 Å². The Morgan fingerprint density at radius 1 is 1.50 bits per heavy atom. The van der Waals surface area contributed by atoms with Crippen molar-refractivity contribution in [2.75, 3.05) is 5.73 Å². The maximum absolute atomic E-state index is 10.9. The molecule has 0 amide bonds. The molecular formula is C9H7NO2S2. The number of carbonyl (C=O) groups is 1. The fraction of sp³-hybridized carbons (Fsp3) is 0. The van der Waals surface area contributed by atoms with Gasteiger partial charge in [-0.15, -0.1) is 24.0 Å². The van der Waals surface area contributed by atoms with Gasteiger partial charge in [0.1, 0.15) is 10.6 Å². The molecule has 1 aromatic carbocycles. The maximum atomic E-state index is 10.9. The maximum Gasteiger partial charge on any atom is 0.339 e. The van der Waals surface area contributed by atoms with Gasteiger partial charge in [0.15, 0.2) is 0 Å². The van der Waals surface area contributed by atoms with Gasteiger partial charge in [0.05, 0.1) is 0 Å². The van der Waals surface area contributed by atoms with Crippen molar-refractivity contribution in [2.24, 2.45) is 0 Å². The first-order chi connectivity index (χ1) is 6.61. The molecule has 3 nitrogen and oxygen atoms in total. The summed E-state index contributed by atoms with van der Waals surface area (Å²) in [5.41, 5.74) is 5.79. The average Bonchev–Trinajstić information content (AvgIpc) is 2.42. The highest BCUT2D eigenvalue weighted by molar-refractivity contribution is 7.80. The number of thiol groups is 1. The molecule has 5 heteroatoms. The van der Waals surface area contributed by atoms with Crippen LogP contribution in [0.2, 0.25) is 0 Å². The summed E-state index contributed by atoms with van der Waals surface area (Å²) in [6, 6.07) is 5.42. The van der Waals surface area contributed by atoms with Crippen molar-refractivity contribution in [3.05, 3.63) is 23.8 Å². The lowest BCUT2D eigenvalue weighted by molar-refractivity contribution is 0.0700. The van der Waals surface area contributed by atoms with Crippen LogP contribution in [0.15, 0.2) is 23.1 Å². The number of nitrogen functional groups attached to an aromatic ring is 1. The molecule has 1 heterocycles. The average molecular weight is 225 g/mol. The number of thiophene rings is 1. The van der Waals surface area contributed by atoms with E-state index in [0.717, 1.165) is 4.70 Å². The molecule has 0 bridgehead atoms. The van der Waals surface area contributed by atoms with E-state index in [4.69, 9.17) is 10.8 Å². The van der Waals surface area contributed by atoms with E-state index in [2.05, 4.69) is 12.6 Å². The van der Waals surface area contributed by atoms with Crippen molar-refractivity contribution in [3.63, 3.8) is 0 Å². The largest absolute Gasteiger partial charge is 0.478 e. The van der Waals surface area contributed by atoms with E-state index in [1.165, 1.54) is 11.3 Å². The van der Waals surface area contributed by atoms with Crippen LogP contribution in [0.4, 0.5) is 5.00 Å². The Labute approximate surface area is 89.6 Å². The smallest absolute Gasteiger partial charge is 0.339 e. The minimum absolute atomic E-state index is 0.163. The number of nitrogens with two attached hydrogens (primary N) is 1. The van der Waals surface area contributed by atoms with Gasteiger partial charge < -0.3 is 10.8 Å². The van der Waals surface area contributed by atoms with Crippen LogP contribution >= 0.6 is 24.0 Å². The molecule has 0 aliphatic carbocycles. The molecule has 0 saturated carbocycles. The summed E-state index contributed by atoms with van der Waals surface area (Å²) in [7, 11) is 0. The zero-order chi connectivity index (χ0) is 10.3. The van der Waals surface area contributed by atoms with Crippen LogP contribution < -0.4 is 5.73 Å². The third-order valence-electron chi connectivity index (χ3n) is 1.93. The normalized spacial score (nSPS) is 10.6. The minimum atomic E-state index is -1.00. The molecule has 0 atom stereocenters. The number of carboxylic acids is 1. The molecule has 3 N–H and O–H groups in total. The number of hydrogen-bond donors (Lipinski definition) is 3. The number of rotatable bonds is 1. The number of aromatic carboxylic acids is 1. The number of anilines is 1. The molecule has 1 aromatic heterocycles. The highest BCUT2D eigenvalue weighted by atomic mass is 32.1. The van der Waals surface area contributed by atoms with Gasteiger partial charge in [-0.05, 0) is 12.1 Å². The molecule has 0 aliphatic rings. The summed E-state index contributed by atoms with van der Waals surface area (Å²) in [6.45, 7) is 0. The standard InChI is InChI=1S/C9H7NO2S2/c10-8-7(9(11)12)6-4(13)2-1-3-5(6)14-8/h1-3,13H,10H2,(H,11,12). The first-order valence-electron chi connectivity index (χ1n) is 3.84. The van der Waals surface area contributed by atoms with Gasteiger partial charge in [0, 0.05) is 15.0 Å². The highest BCUT2D eigenvalue weighted by Crippen LogP contribution is 2.36. The molecule has 2 aromatic rings. The van der Waals surface area contributed by atoms with Crippen LogP contribution in [0, 0.1) is 0 Å². The van der Waals surface area contributed by atoms with E-state index in [-0.39, 0.29) is 5.56 Å². The summed E-state index contributed by atoms with van der Waals surface area (Å²) in [5.74, 6) is -1.00. The molecule has 2 rings (SSSR count). The number of fused-ring (bicyclic) bond motifs is 1. The summed E-state index contributed by atoms with van der Waals surface area (Å²) in [5, 5.41) is 9.93. The van der Waals surface area contributed by atoms with Gasteiger partial charge in [-0.2, -0.15) is 0 Å². The predicted molar refractivity (Wildman–Crippen MR) is 60.4 cm³/mol. The predicted octanol–water partition coefficient (Wildman–Crippen LogP) is 2.47. The lowest BCUT2D eigenvalue weighted by Gasteiger charge is -1.96. The Balaban J connectivity index is 2.93. The van der Waals surface area contributed by atoms with Crippen LogP contribution in [-0.4, -0.2) is 11.1 Å². The lowest BCUT2D eigenvalue weighted by Crippen LogP contribution is -1.98. The molecule has 0 saturated heterocycles. The van der Waals surface area contributed by atoms with Gasteiger partial charge in [0.25, 0.3) is 0 Å². The Morgan fingerprint density at radius 3 is 2.86 bits per heavy atom. The van der Waals surface area contributed by atoms with Crippen molar-refractivity contribution >= 4 is 45.0 Å². The van der Waals surface area contributed by atoms with E-state index in [0.29, 0.717) is 15.3 Å². The molecule has 0 unspecified atom stereocenters. The molecule has 0 fully saturated rings. The third-order valence-corrected chi connectivity index (χ3v) is 3.29. The van der Waals surface area contributed by atoms with E-state index in [9.17, 15) is 4.79 Å². The minimum Gasteiger partial charge on any atom is -0.478 e. The van der Waals surface area contributed by atoms with Crippen molar-refractivity contribution in [3.8, 4) is 0 Å². The summed E-state index contributed by atoms with van der Waals surface area (Å²) in [4.78, 5) is 11.6. The second-order valence-electron chi connectivity index (χ2n) is 2.80. The molecule has 14 heavy (non-hydrogen) atoms. The Kier molecular flexibility index (Phi) is 2.13. The summed E-state index contributed by atoms with van der Waals surface area (Å²) < 4.78 is 0.854. The Bertz CT molecular complexity index is 519. The second-order valence-corrected chi connectivity index (χ2v) is 4.36. The summed E-state index contributed by atoms with van der Waals surface area (Å²) in [6.07, 6.45) is 0. The Hall–Kier alpha value is -1.20. The van der Waals surface area contributed by atoms with E-state index < -0.39 is 5.97 Å². The molecule has 0 spiro atoms. The van der Waals surface area contributed by atoms with Crippen LogP contribution in [0.3, 0.4) is 0 Å². The van der Waals surface area contributed by atoms with Gasteiger partial charge in [-0.3, -0.25) is 0 Å². The molecule has 0 radical (unpaired) electrons. The van der Waals surface area contributed by atoms with Crippen LogP contribution in [0.5, 0.6) is 0 Å². The van der Waals surface area contributed by atoms with E-state index in [1.807, 2.05) is 12.1 Å². The van der Waals surface area contributed by atoms with Gasteiger partial charge in [-0.1, -0.05) is 6.07 Å². The molecular weight excluding hydrogens is 218 g/mol. The number of carboxylic acid groups (broad SMARTS) is 1. The molecule has 72 valence electrons. The van der Waals surface area contributed by atoms with E-state index >= 15 is 0 Å². The van der Waals surface area contributed by atoms with Gasteiger partial charge in [-0.25, -0.2) is 4.79 Å². The van der Waals surface area contributed by atoms with Crippen molar-refractivity contribution in [2.45, 2.75) is 4.90 Å². The van der Waals surface area contributed by atoms with Crippen LogP contribution in [-0.2, 0) is 0 Å². The fourth-order valence-corrected chi connectivity index (χ4v) is 2.74. The SMILES string of the molecule is Nc1sc2cccc(S)c2c1C(=O)O. The van der Waals surface area contributed by atoms with E-state index in [1.54, 1.807) is 6.07 Å². The summed E-state index contributed by atoms with van der Waals surface area (Å²) >= 11 is 5.49. The van der Waals surface area contributed by atoms with Gasteiger partial charge in [0.2, 0.25) is 0 Å². The monoisotopic (exact) mass is 225 g/mol. The van der Waals surface area contributed by atoms with Crippen LogP contribution in [0.1, 0.15) is 10.4 Å². The number of hydrogen-bond acceptors (Lipinski definition) is 4. The third kappa shape index (κ3) is 1.25. The second kappa shape index (κ2) is 3.18. The lowest BCUT2D eigenvalue weighted by atomic mass is 10.1. The topological polar surface area (TPSA) is 63.3 Å². The Morgan fingerprint density at radius 2 is 2.21 bits per heavy atom. The van der Waals surface area contributed by atoms with Crippen molar-refractivity contribution in [1.82, 2.24) is 0 Å². The highest BCUT2D eigenvalue weighted by Gasteiger charge is 2.17. The quantitative estimate of drug-likeness (QED) is 0.653. The van der Waals surface area contributed by atoms with Crippen molar-refractivity contribution in [1.29, 1.82) is 0 Å². The first-order valence-corrected chi connectivity index (χ1v) is 5.11.